The predicted octanol–water partition coefficient (Wildman–Crippen LogP) is 3.50. The fraction of sp³-hybridized carbons (Fsp3) is 0.158. The lowest BCUT2D eigenvalue weighted by Crippen LogP contribution is -2.26. The van der Waals surface area contributed by atoms with Crippen LogP contribution < -0.4 is 4.74 Å². The number of amides is 1. The van der Waals surface area contributed by atoms with Crippen LogP contribution >= 0.6 is 0 Å². The SMILES string of the molecule is COc1cccc(-c2cc(C(=O)N(C)Cc3ccc(F)cc3)[nH]n2)c1. The topological polar surface area (TPSA) is 58.2 Å². The van der Waals surface area contributed by atoms with E-state index in [1.165, 1.54) is 12.1 Å². The summed E-state index contributed by atoms with van der Waals surface area (Å²) in [6, 6.07) is 15.3. The number of nitrogens with zero attached hydrogens (tertiary/aromatic N) is 2. The summed E-state index contributed by atoms with van der Waals surface area (Å²) in [5.41, 5.74) is 2.76. The predicted molar refractivity (Wildman–Crippen MR) is 92.8 cm³/mol. The highest BCUT2D eigenvalue weighted by molar-refractivity contribution is 5.93. The number of ether oxygens (including phenoxy) is 1. The summed E-state index contributed by atoms with van der Waals surface area (Å²) in [4.78, 5) is 14.1. The molecule has 0 aliphatic carbocycles. The maximum Gasteiger partial charge on any atom is 0.271 e. The number of hydrogen-bond acceptors (Lipinski definition) is 3. The lowest BCUT2D eigenvalue weighted by atomic mass is 10.1. The number of halogens is 1. The lowest BCUT2D eigenvalue weighted by Gasteiger charge is -2.16. The van der Waals surface area contributed by atoms with Crippen LogP contribution in [0.15, 0.2) is 54.6 Å². The highest BCUT2D eigenvalue weighted by atomic mass is 19.1. The minimum Gasteiger partial charge on any atom is -0.497 e. The second-order valence-corrected chi connectivity index (χ2v) is 5.69. The van der Waals surface area contributed by atoms with Gasteiger partial charge in [0.1, 0.15) is 17.3 Å². The van der Waals surface area contributed by atoms with Crippen molar-refractivity contribution in [2.45, 2.75) is 6.54 Å². The molecule has 0 atom stereocenters. The summed E-state index contributed by atoms with van der Waals surface area (Å²) in [6.45, 7) is 0.382. The quantitative estimate of drug-likeness (QED) is 0.774. The molecule has 1 amide bonds. The van der Waals surface area contributed by atoms with Crippen LogP contribution in [0.4, 0.5) is 4.39 Å². The van der Waals surface area contributed by atoms with Gasteiger partial charge in [-0.15, -0.1) is 0 Å². The third-order valence-corrected chi connectivity index (χ3v) is 3.85. The first-order valence-corrected chi connectivity index (χ1v) is 7.76. The number of carbonyl (C=O) groups excluding carboxylic acids is 1. The van der Waals surface area contributed by atoms with E-state index in [1.807, 2.05) is 24.3 Å². The molecule has 2 aromatic carbocycles. The Morgan fingerprint density at radius 1 is 1.20 bits per heavy atom. The van der Waals surface area contributed by atoms with Gasteiger partial charge in [-0.05, 0) is 35.9 Å². The zero-order valence-corrected chi connectivity index (χ0v) is 14.0. The van der Waals surface area contributed by atoms with Crippen LogP contribution in [0, 0.1) is 5.82 Å². The molecule has 5 nitrogen and oxygen atoms in total. The third kappa shape index (κ3) is 3.85. The van der Waals surface area contributed by atoms with E-state index in [1.54, 1.807) is 37.3 Å². The van der Waals surface area contributed by atoms with E-state index < -0.39 is 0 Å². The zero-order valence-electron chi connectivity index (χ0n) is 14.0. The van der Waals surface area contributed by atoms with Crippen LogP contribution in [-0.2, 0) is 6.54 Å². The van der Waals surface area contributed by atoms with Crippen molar-refractivity contribution in [3.8, 4) is 17.0 Å². The van der Waals surface area contributed by atoms with Gasteiger partial charge in [0.2, 0.25) is 0 Å². The van der Waals surface area contributed by atoms with Crippen molar-refractivity contribution in [1.29, 1.82) is 0 Å². The molecule has 0 aliphatic heterocycles. The van der Waals surface area contributed by atoms with Crippen molar-refractivity contribution in [2.75, 3.05) is 14.2 Å². The molecule has 128 valence electrons. The summed E-state index contributed by atoms with van der Waals surface area (Å²) in [5, 5.41) is 6.98. The molecule has 1 aromatic heterocycles. The first kappa shape index (κ1) is 16.7. The number of methoxy groups -OCH3 is 1. The van der Waals surface area contributed by atoms with Gasteiger partial charge in [-0.3, -0.25) is 9.89 Å². The van der Waals surface area contributed by atoms with Crippen LogP contribution in [-0.4, -0.2) is 35.2 Å². The lowest BCUT2D eigenvalue weighted by molar-refractivity contribution is 0.0779. The Bertz CT molecular complexity index is 874. The van der Waals surface area contributed by atoms with Gasteiger partial charge in [-0.2, -0.15) is 5.10 Å². The van der Waals surface area contributed by atoms with Crippen LogP contribution in [0.2, 0.25) is 0 Å². The van der Waals surface area contributed by atoms with Gasteiger partial charge >= 0.3 is 0 Å². The molecule has 3 rings (SSSR count). The van der Waals surface area contributed by atoms with Crippen molar-refractivity contribution in [2.24, 2.45) is 0 Å². The van der Waals surface area contributed by atoms with Gasteiger partial charge < -0.3 is 9.64 Å². The third-order valence-electron chi connectivity index (χ3n) is 3.85. The average Bonchev–Trinajstić information content (AvgIpc) is 3.13. The average molecular weight is 339 g/mol. The van der Waals surface area contributed by atoms with Crippen molar-refractivity contribution in [3.63, 3.8) is 0 Å². The molecule has 0 aliphatic rings. The molecule has 0 spiro atoms. The minimum atomic E-state index is -0.297. The molecule has 1 heterocycles. The number of nitrogens with one attached hydrogen (secondary N) is 1. The fourth-order valence-electron chi connectivity index (χ4n) is 2.50. The van der Waals surface area contributed by atoms with E-state index in [4.69, 9.17) is 4.74 Å². The summed E-state index contributed by atoms with van der Waals surface area (Å²) >= 11 is 0. The van der Waals surface area contributed by atoms with Crippen molar-refractivity contribution >= 4 is 5.91 Å². The zero-order chi connectivity index (χ0) is 17.8. The van der Waals surface area contributed by atoms with Gasteiger partial charge in [0.25, 0.3) is 5.91 Å². The molecule has 0 fully saturated rings. The number of H-pyrrole nitrogens is 1. The summed E-state index contributed by atoms with van der Waals surface area (Å²) in [7, 11) is 3.29. The monoisotopic (exact) mass is 339 g/mol. The van der Waals surface area contributed by atoms with Crippen LogP contribution in [0.5, 0.6) is 5.75 Å². The Hall–Kier alpha value is -3.15. The van der Waals surface area contributed by atoms with E-state index in [2.05, 4.69) is 10.2 Å². The largest absolute Gasteiger partial charge is 0.497 e. The van der Waals surface area contributed by atoms with E-state index in [0.29, 0.717) is 17.9 Å². The second kappa shape index (κ2) is 7.17. The molecule has 3 aromatic rings. The van der Waals surface area contributed by atoms with Gasteiger partial charge in [-0.1, -0.05) is 24.3 Å². The van der Waals surface area contributed by atoms with Crippen molar-refractivity contribution < 1.29 is 13.9 Å². The first-order chi connectivity index (χ1) is 12.1. The normalized spacial score (nSPS) is 10.5. The Labute approximate surface area is 145 Å². The fourth-order valence-corrected chi connectivity index (χ4v) is 2.50. The minimum absolute atomic E-state index is 0.189. The molecule has 1 N–H and O–H groups in total. The van der Waals surface area contributed by atoms with Crippen LogP contribution in [0.1, 0.15) is 16.1 Å². The molecule has 0 saturated carbocycles. The summed E-state index contributed by atoms with van der Waals surface area (Å²) in [6.07, 6.45) is 0. The maximum atomic E-state index is 13.0. The van der Waals surface area contributed by atoms with Gasteiger partial charge in [0, 0.05) is 19.2 Å². The molecule has 0 saturated heterocycles. The van der Waals surface area contributed by atoms with Crippen LogP contribution in [0.25, 0.3) is 11.3 Å². The number of aromatic amines is 1. The van der Waals surface area contributed by atoms with E-state index in [-0.39, 0.29) is 11.7 Å². The number of carbonyl (C=O) groups is 1. The Balaban J connectivity index is 1.74. The van der Waals surface area contributed by atoms with E-state index in [9.17, 15) is 9.18 Å². The molecule has 6 heteroatoms. The molecule has 0 unspecified atom stereocenters. The summed E-state index contributed by atoms with van der Waals surface area (Å²) < 4.78 is 18.2. The van der Waals surface area contributed by atoms with Crippen molar-refractivity contribution in [1.82, 2.24) is 15.1 Å². The molecular weight excluding hydrogens is 321 g/mol. The standard InChI is InChI=1S/C19H18FN3O2/c1-23(12-13-6-8-15(20)9-7-13)19(24)18-11-17(21-22-18)14-4-3-5-16(10-14)25-2/h3-11H,12H2,1-2H3,(H,21,22). The number of benzene rings is 2. The van der Waals surface area contributed by atoms with Gasteiger partial charge in [-0.25, -0.2) is 4.39 Å². The smallest absolute Gasteiger partial charge is 0.271 e. The number of hydrogen-bond donors (Lipinski definition) is 1. The van der Waals surface area contributed by atoms with Gasteiger partial charge in [0.15, 0.2) is 0 Å². The van der Waals surface area contributed by atoms with E-state index in [0.717, 1.165) is 16.9 Å². The maximum absolute atomic E-state index is 13.0. The van der Waals surface area contributed by atoms with Crippen molar-refractivity contribution in [3.05, 3.63) is 71.7 Å². The molecule has 0 bridgehead atoms. The Morgan fingerprint density at radius 3 is 2.68 bits per heavy atom. The number of rotatable bonds is 5. The van der Waals surface area contributed by atoms with E-state index >= 15 is 0 Å². The highest BCUT2D eigenvalue weighted by Gasteiger charge is 2.16. The highest BCUT2D eigenvalue weighted by Crippen LogP contribution is 2.23. The van der Waals surface area contributed by atoms with Crippen LogP contribution in [0.3, 0.4) is 0 Å². The molecular formula is C19H18FN3O2. The van der Waals surface area contributed by atoms with Gasteiger partial charge in [0.05, 0.1) is 12.8 Å². The Kier molecular flexibility index (Phi) is 4.79. The summed E-state index contributed by atoms with van der Waals surface area (Å²) in [5.74, 6) is 0.238. The first-order valence-electron chi connectivity index (χ1n) is 7.76. The molecule has 0 radical (unpaired) electrons. The Morgan fingerprint density at radius 2 is 1.96 bits per heavy atom. The number of aromatic nitrogens is 2. The molecule has 25 heavy (non-hydrogen) atoms. The second-order valence-electron chi connectivity index (χ2n) is 5.69.